The van der Waals surface area contributed by atoms with Crippen LogP contribution in [0.3, 0.4) is 0 Å². The minimum atomic E-state index is 0.229. The maximum absolute atomic E-state index is 4.75. The summed E-state index contributed by atoms with van der Waals surface area (Å²) in [6, 6.07) is 3.94. The lowest BCUT2D eigenvalue weighted by atomic mass is 10.2. The number of nitrogens with zero attached hydrogens (tertiary/aromatic N) is 8. The van der Waals surface area contributed by atoms with Gasteiger partial charge in [-0.2, -0.15) is 10.1 Å². The minimum Gasteiger partial charge on any atom is -0.264 e. The molecule has 8 heteroatoms. The van der Waals surface area contributed by atoms with Crippen molar-refractivity contribution >= 4 is 5.78 Å². The molecule has 27 heavy (non-hydrogen) atoms. The van der Waals surface area contributed by atoms with Gasteiger partial charge in [-0.25, -0.2) is 19.2 Å². The molecule has 0 saturated carbocycles. The van der Waals surface area contributed by atoms with Crippen LogP contribution >= 0.6 is 0 Å². The van der Waals surface area contributed by atoms with E-state index in [2.05, 4.69) is 33.9 Å². The maximum Gasteiger partial charge on any atom is 0.252 e. The Morgan fingerprint density at radius 3 is 2.59 bits per heavy atom. The molecule has 0 bridgehead atoms. The molecule has 8 nitrogen and oxygen atoms in total. The fourth-order valence-corrected chi connectivity index (χ4v) is 3.04. The van der Waals surface area contributed by atoms with Gasteiger partial charge in [-0.05, 0) is 38.5 Å². The van der Waals surface area contributed by atoms with Crippen molar-refractivity contribution in [2.75, 3.05) is 0 Å². The predicted molar refractivity (Wildman–Crippen MR) is 101 cm³/mol. The molecule has 0 N–H and O–H groups in total. The largest absolute Gasteiger partial charge is 0.264 e. The molecular formula is C19H22N8. The lowest BCUT2D eigenvalue weighted by Gasteiger charge is -2.07. The third kappa shape index (κ3) is 3.18. The summed E-state index contributed by atoms with van der Waals surface area (Å²) < 4.78 is 3.65. The standard InChI is InChI=1S/C19H22N8/c1-11(2)18-23-17(27(25-18)15-6-7-20-10-12(15)3)9-16-22-19-21-13(4)8-14(5)26(19)24-16/h6-8,10-11H,9H2,1-5H3. The average Bonchev–Trinajstić information content (AvgIpc) is 3.20. The molecule has 138 valence electrons. The van der Waals surface area contributed by atoms with Gasteiger partial charge >= 0.3 is 0 Å². The van der Waals surface area contributed by atoms with E-state index in [0.29, 0.717) is 18.0 Å². The zero-order chi connectivity index (χ0) is 19.1. The van der Waals surface area contributed by atoms with Gasteiger partial charge in [0.05, 0.1) is 12.1 Å². The van der Waals surface area contributed by atoms with E-state index in [1.165, 1.54) is 0 Å². The molecule has 0 fully saturated rings. The van der Waals surface area contributed by atoms with Crippen molar-refractivity contribution in [3.05, 3.63) is 59.0 Å². The molecule has 0 aliphatic carbocycles. The van der Waals surface area contributed by atoms with E-state index in [-0.39, 0.29) is 5.92 Å². The Morgan fingerprint density at radius 1 is 1.04 bits per heavy atom. The summed E-state index contributed by atoms with van der Waals surface area (Å²) in [5.41, 5.74) is 3.94. The van der Waals surface area contributed by atoms with Crippen LogP contribution in [0.25, 0.3) is 11.5 Å². The first-order chi connectivity index (χ1) is 12.9. The van der Waals surface area contributed by atoms with E-state index in [9.17, 15) is 0 Å². The van der Waals surface area contributed by atoms with Crippen LogP contribution in [0.2, 0.25) is 0 Å². The van der Waals surface area contributed by atoms with Gasteiger partial charge in [0.15, 0.2) is 11.6 Å². The van der Waals surface area contributed by atoms with Crippen molar-refractivity contribution in [2.24, 2.45) is 0 Å². The highest BCUT2D eigenvalue weighted by molar-refractivity contribution is 5.38. The molecule has 4 rings (SSSR count). The fraction of sp³-hybridized carbons (Fsp3) is 0.368. The third-order valence-corrected chi connectivity index (χ3v) is 4.40. The number of aromatic nitrogens is 8. The Labute approximate surface area is 157 Å². The second-order valence-corrected chi connectivity index (χ2v) is 7.07. The smallest absolute Gasteiger partial charge is 0.252 e. The molecule has 0 amide bonds. The normalized spacial score (nSPS) is 11.6. The Hall–Kier alpha value is -3.16. The summed E-state index contributed by atoms with van der Waals surface area (Å²) >= 11 is 0. The van der Waals surface area contributed by atoms with Crippen LogP contribution in [-0.2, 0) is 6.42 Å². The first kappa shape index (κ1) is 17.3. The van der Waals surface area contributed by atoms with Crippen molar-refractivity contribution in [3.63, 3.8) is 0 Å². The first-order valence-corrected chi connectivity index (χ1v) is 8.99. The van der Waals surface area contributed by atoms with Gasteiger partial charge in [0.1, 0.15) is 5.82 Å². The molecule has 4 aromatic rings. The highest BCUT2D eigenvalue weighted by Gasteiger charge is 2.18. The number of fused-ring (bicyclic) bond motifs is 1. The number of hydrogen-bond acceptors (Lipinski definition) is 6. The molecule has 4 heterocycles. The summed E-state index contributed by atoms with van der Waals surface area (Å²) in [6.07, 6.45) is 4.07. The van der Waals surface area contributed by atoms with Crippen molar-refractivity contribution in [3.8, 4) is 5.69 Å². The Kier molecular flexibility index (Phi) is 4.18. The highest BCUT2D eigenvalue weighted by atomic mass is 15.4. The van der Waals surface area contributed by atoms with Crippen molar-refractivity contribution in [1.29, 1.82) is 0 Å². The first-order valence-electron chi connectivity index (χ1n) is 8.99. The Morgan fingerprint density at radius 2 is 1.85 bits per heavy atom. The molecule has 0 aromatic carbocycles. The minimum absolute atomic E-state index is 0.229. The fourth-order valence-electron chi connectivity index (χ4n) is 3.04. The van der Waals surface area contributed by atoms with Gasteiger partial charge in [-0.15, -0.1) is 5.10 Å². The van der Waals surface area contributed by atoms with Crippen molar-refractivity contribution in [1.82, 2.24) is 39.3 Å². The third-order valence-electron chi connectivity index (χ3n) is 4.40. The second-order valence-electron chi connectivity index (χ2n) is 7.07. The van der Waals surface area contributed by atoms with Crippen LogP contribution in [0.15, 0.2) is 24.5 Å². The number of aryl methyl sites for hydroxylation is 3. The lowest BCUT2D eigenvalue weighted by molar-refractivity contribution is 0.742. The molecule has 0 aliphatic heterocycles. The van der Waals surface area contributed by atoms with Crippen LogP contribution in [0, 0.1) is 20.8 Å². The van der Waals surface area contributed by atoms with Gasteiger partial charge in [0.2, 0.25) is 0 Å². The van der Waals surface area contributed by atoms with E-state index in [0.717, 1.165) is 34.3 Å². The SMILES string of the molecule is Cc1cc(C)n2nc(Cc3nc(C(C)C)nn3-c3ccncc3C)nc2n1. The second kappa shape index (κ2) is 6.53. The highest BCUT2D eigenvalue weighted by Crippen LogP contribution is 2.19. The van der Waals surface area contributed by atoms with Gasteiger partial charge in [0, 0.05) is 29.7 Å². The van der Waals surface area contributed by atoms with Crippen LogP contribution < -0.4 is 0 Å². The average molecular weight is 362 g/mol. The van der Waals surface area contributed by atoms with Gasteiger partial charge < -0.3 is 0 Å². The van der Waals surface area contributed by atoms with E-state index in [1.54, 1.807) is 10.7 Å². The summed E-state index contributed by atoms with van der Waals surface area (Å²) in [4.78, 5) is 18.0. The molecule has 0 unspecified atom stereocenters. The van der Waals surface area contributed by atoms with Gasteiger partial charge in [0.25, 0.3) is 5.78 Å². The van der Waals surface area contributed by atoms with Crippen LogP contribution in [-0.4, -0.2) is 39.3 Å². The van der Waals surface area contributed by atoms with E-state index in [1.807, 2.05) is 43.8 Å². The lowest BCUT2D eigenvalue weighted by Crippen LogP contribution is -2.07. The van der Waals surface area contributed by atoms with Crippen molar-refractivity contribution in [2.45, 2.75) is 47.0 Å². The number of rotatable bonds is 4. The number of pyridine rings is 1. The van der Waals surface area contributed by atoms with Crippen LogP contribution in [0.1, 0.15) is 54.2 Å². The van der Waals surface area contributed by atoms with E-state index < -0.39 is 0 Å². The maximum atomic E-state index is 4.75. The molecule has 0 radical (unpaired) electrons. The van der Waals surface area contributed by atoms with E-state index >= 15 is 0 Å². The van der Waals surface area contributed by atoms with E-state index in [4.69, 9.17) is 10.1 Å². The quantitative estimate of drug-likeness (QED) is 0.555. The van der Waals surface area contributed by atoms with Gasteiger partial charge in [-0.3, -0.25) is 4.98 Å². The predicted octanol–water partition coefficient (Wildman–Crippen LogP) is 2.74. The zero-order valence-corrected chi connectivity index (χ0v) is 16.2. The van der Waals surface area contributed by atoms with Crippen LogP contribution in [0.5, 0.6) is 0 Å². The molecule has 0 spiro atoms. The Bertz CT molecular complexity index is 1120. The molecule has 4 aromatic heterocycles. The van der Waals surface area contributed by atoms with Crippen molar-refractivity contribution < 1.29 is 0 Å². The molecular weight excluding hydrogens is 340 g/mol. The molecule has 0 aliphatic rings. The summed E-state index contributed by atoms with van der Waals surface area (Å²) in [7, 11) is 0. The summed E-state index contributed by atoms with van der Waals surface area (Å²) in [5, 5.41) is 9.33. The van der Waals surface area contributed by atoms with Gasteiger partial charge in [-0.1, -0.05) is 13.8 Å². The topological polar surface area (TPSA) is 86.7 Å². The zero-order valence-electron chi connectivity index (χ0n) is 16.2. The summed E-state index contributed by atoms with van der Waals surface area (Å²) in [5.74, 6) is 3.12. The molecule has 0 atom stereocenters. The van der Waals surface area contributed by atoms with Crippen LogP contribution in [0.4, 0.5) is 0 Å². The molecule has 0 saturated heterocycles. The Balaban J connectivity index is 1.80. The monoisotopic (exact) mass is 362 g/mol. The number of hydrogen-bond donors (Lipinski definition) is 0. The summed E-state index contributed by atoms with van der Waals surface area (Å²) in [6.45, 7) is 10.1.